The summed E-state index contributed by atoms with van der Waals surface area (Å²) < 4.78 is 50.3. The molecule has 0 saturated carbocycles. The average molecular weight is 463 g/mol. The number of ketones is 1. The molecule has 1 amide bonds. The number of nitrogens with zero attached hydrogens (tertiary/aromatic N) is 1. The molecule has 1 heterocycles. The molecule has 1 saturated heterocycles. The maximum atomic E-state index is 12.9. The van der Waals surface area contributed by atoms with E-state index in [1.165, 1.54) is 12.1 Å². The van der Waals surface area contributed by atoms with Crippen molar-refractivity contribution in [3.8, 4) is 5.75 Å². The lowest BCUT2D eigenvalue weighted by Gasteiger charge is -2.37. The first-order valence-electron chi connectivity index (χ1n) is 10.8. The lowest BCUT2D eigenvalue weighted by Crippen LogP contribution is -2.49. The van der Waals surface area contributed by atoms with E-state index in [-0.39, 0.29) is 37.3 Å². The minimum absolute atomic E-state index is 0.0427. The Hall–Kier alpha value is -3.03. The van der Waals surface area contributed by atoms with Gasteiger partial charge in [-0.15, -0.1) is 0 Å². The van der Waals surface area contributed by atoms with E-state index in [9.17, 15) is 22.8 Å². The van der Waals surface area contributed by atoms with Crippen LogP contribution in [0, 0.1) is 0 Å². The van der Waals surface area contributed by atoms with E-state index in [1.807, 2.05) is 30.3 Å². The number of benzene rings is 2. The number of hydrogen-bond donors (Lipinski definition) is 0. The molecule has 0 aromatic heterocycles. The predicted molar refractivity (Wildman–Crippen MR) is 117 cm³/mol. The number of carbonyl (C=O) groups excluding carboxylic acids is 2. The van der Waals surface area contributed by atoms with Crippen molar-refractivity contribution in [3.63, 3.8) is 0 Å². The summed E-state index contributed by atoms with van der Waals surface area (Å²) in [6.45, 7) is 5.57. The fourth-order valence-electron chi connectivity index (χ4n) is 3.73. The number of ether oxygens (including phenoxy) is 2. The van der Waals surface area contributed by atoms with Gasteiger partial charge in [0.15, 0.2) is 0 Å². The Labute approximate surface area is 191 Å². The van der Waals surface area contributed by atoms with Crippen molar-refractivity contribution < 1.29 is 32.2 Å². The summed E-state index contributed by atoms with van der Waals surface area (Å²) in [7, 11) is 0. The molecule has 2 atom stereocenters. The average Bonchev–Trinajstić information content (AvgIpc) is 2.72. The van der Waals surface area contributed by atoms with Gasteiger partial charge in [0.2, 0.25) is 0 Å². The second-order valence-electron chi connectivity index (χ2n) is 9.10. The van der Waals surface area contributed by atoms with Crippen molar-refractivity contribution >= 4 is 11.9 Å². The van der Waals surface area contributed by atoms with Gasteiger partial charge >= 0.3 is 12.3 Å². The van der Waals surface area contributed by atoms with Gasteiger partial charge in [-0.1, -0.05) is 30.3 Å². The third-order valence-electron chi connectivity index (χ3n) is 5.28. The monoisotopic (exact) mass is 463 g/mol. The number of alkyl halides is 3. The Balaban J connectivity index is 1.84. The second-order valence-corrected chi connectivity index (χ2v) is 9.10. The molecule has 8 heteroatoms. The topological polar surface area (TPSA) is 55.8 Å². The Morgan fingerprint density at radius 1 is 1.06 bits per heavy atom. The maximum absolute atomic E-state index is 12.9. The molecule has 1 aliphatic rings. The van der Waals surface area contributed by atoms with E-state index in [2.05, 4.69) is 0 Å². The summed E-state index contributed by atoms with van der Waals surface area (Å²) in [5.74, 6) is 0.309. The second kappa shape index (κ2) is 9.85. The quantitative estimate of drug-likeness (QED) is 0.531. The first-order chi connectivity index (χ1) is 15.4. The third-order valence-corrected chi connectivity index (χ3v) is 5.28. The van der Waals surface area contributed by atoms with Crippen LogP contribution in [0.2, 0.25) is 0 Å². The highest BCUT2D eigenvalue weighted by molar-refractivity contribution is 5.82. The molecular weight excluding hydrogens is 435 g/mol. The highest BCUT2D eigenvalue weighted by Gasteiger charge is 2.36. The van der Waals surface area contributed by atoms with Gasteiger partial charge in [0, 0.05) is 31.8 Å². The van der Waals surface area contributed by atoms with Crippen LogP contribution in [-0.2, 0) is 15.7 Å². The SMILES string of the molecule is CC(C)(C)OC(=O)N1CCC(=O)C[C@H]1C[C@@H](Oc1ccc(C(F)(F)F)cc1)c1ccccc1. The minimum atomic E-state index is -4.44. The molecule has 33 heavy (non-hydrogen) atoms. The van der Waals surface area contributed by atoms with Crippen LogP contribution in [0.25, 0.3) is 0 Å². The van der Waals surface area contributed by atoms with Gasteiger partial charge in [-0.2, -0.15) is 13.2 Å². The first-order valence-corrected chi connectivity index (χ1v) is 10.8. The zero-order valence-corrected chi connectivity index (χ0v) is 18.9. The van der Waals surface area contributed by atoms with Gasteiger partial charge in [0.05, 0.1) is 5.56 Å². The molecule has 0 aliphatic carbocycles. The van der Waals surface area contributed by atoms with Crippen molar-refractivity contribution in [1.29, 1.82) is 0 Å². The zero-order chi connectivity index (χ0) is 24.2. The van der Waals surface area contributed by atoms with Crippen LogP contribution in [0.4, 0.5) is 18.0 Å². The largest absolute Gasteiger partial charge is 0.486 e. The minimum Gasteiger partial charge on any atom is -0.486 e. The summed E-state index contributed by atoms with van der Waals surface area (Å²) in [6.07, 6.45) is -4.81. The van der Waals surface area contributed by atoms with Gasteiger partial charge in [0.1, 0.15) is 23.2 Å². The molecule has 1 aliphatic heterocycles. The molecule has 0 bridgehead atoms. The molecule has 0 spiro atoms. The molecular formula is C25H28F3NO4. The number of rotatable bonds is 5. The van der Waals surface area contributed by atoms with Gasteiger partial charge in [-0.05, 0) is 50.6 Å². The number of amides is 1. The third kappa shape index (κ3) is 6.97. The Morgan fingerprint density at radius 2 is 1.70 bits per heavy atom. The number of piperidine rings is 1. The van der Waals surface area contributed by atoms with Crippen molar-refractivity contribution in [2.24, 2.45) is 0 Å². The van der Waals surface area contributed by atoms with Crippen LogP contribution in [0.3, 0.4) is 0 Å². The van der Waals surface area contributed by atoms with Gasteiger partial charge in [0.25, 0.3) is 0 Å². The van der Waals surface area contributed by atoms with Crippen molar-refractivity contribution in [2.75, 3.05) is 6.54 Å². The molecule has 3 rings (SSSR count). The molecule has 0 N–H and O–H groups in total. The summed E-state index contributed by atoms with van der Waals surface area (Å²) >= 11 is 0. The molecule has 5 nitrogen and oxygen atoms in total. The molecule has 2 aromatic carbocycles. The van der Waals surface area contributed by atoms with Crippen LogP contribution in [0.5, 0.6) is 5.75 Å². The van der Waals surface area contributed by atoms with Crippen molar-refractivity contribution in [2.45, 2.75) is 64.0 Å². The number of carbonyl (C=O) groups is 2. The highest BCUT2D eigenvalue weighted by atomic mass is 19.4. The summed E-state index contributed by atoms with van der Waals surface area (Å²) in [5, 5.41) is 0. The molecule has 2 aromatic rings. The van der Waals surface area contributed by atoms with E-state index in [1.54, 1.807) is 25.7 Å². The van der Waals surface area contributed by atoms with E-state index in [4.69, 9.17) is 9.47 Å². The lowest BCUT2D eigenvalue weighted by atomic mass is 9.93. The summed E-state index contributed by atoms with van der Waals surface area (Å²) in [6, 6.07) is 13.2. The van der Waals surface area contributed by atoms with E-state index in [0.717, 1.165) is 17.7 Å². The Bertz CT molecular complexity index is 952. The fraction of sp³-hybridized carbons (Fsp3) is 0.440. The van der Waals surface area contributed by atoms with Crippen LogP contribution in [0.15, 0.2) is 54.6 Å². The van der Waals surface area contributed by atoms with E-state index in [0.29, 0.717) is 0 Å². The van der Waals surface area contributed by atoms with Gasteiger partial charge in [-0.3, -0.25) is 4.79 Å². The Morgan fingerprint density at radius 3 is 2.27 bits per heavy atom. The summed E-state index contributed by atoms with van der Waals surface area (Å²) in [5.41, 5.74) is -0.654. The lowest BCUT2D eigenvalue weighted by molar-refractivity contribution is -0.137. The van der Waals surface area contributed by atoms with Crippen molar-refractivity contribution in [3.05, 3.63) is 65.7 Å². The normalized spacial score (nSPS) is 18.1. The number of hydrogen-bond acceptors (Lipinski definition) is 4. The molecule has 0 unspecified atom stereocenters. The van der Waals surface area contributed by atoms with Crippen molar-refractivity contribution in [1.82, 2.24) is 4.90 Å². The maximum Gasteiger partial charge on any atom is 0.416 e. The van der Waals surface area contributed by atoms with Gasteiger partial charge < -0.3 is 14.4 Å². The number of halogens is 3. The van der Waals surface area contributed by atoms with E-state index >= 15 is 0 Å². The van der Waals surface area contributed by atoms with Crippen LogP contribution in [0.1, 0.15) is 57.3 Å². The summed E-state index contributed by atoms with van der Waals surface area (Å²) in [4.78, 5) is 26.5. The van der Waals surface area contributed by atoms with E-state index < -0.39 is 35.6 Å². The zero-order valence-electron chi connectivity index (χ0n) is 18.9. The fourth-order valence-corrected chi connectivity index (χ4v) is 3.73. The number of likely N-dealkylation sites (tertiary alicyclic amines) is 1. The molecule has 1 fully saturated rings. The molecule has 178 valence electrons. The molecule has 0 radical (unpaired) electrons. The van der Waals surface area contributed by atoms with Crippen LogP contribution >= 0.6 is 0 Å². The van der Waals surface area contributed by atoms with Crippen LogP contribution < -0.4 is 4.74 Å². The predicted octanol–water partition coefficient (Wildman–Crippen LogP) is 6.18. The smallest absolute Gasteiger partial charge is 0.416 e. The van der Waals surface area contributed by atoms with Gasteiger partial charge in [-0.25, -0.2) is 4.79 Å². The first kappa shape index (κ1) is 24.6. The Kier molecular flexibility index (Phi) is 7.34. The standard InChI is InChI=1S/C25H28F3NO4/c1-24(2,3)33-23(31)29-14-13-20(30)15-19(29)16-22(17-7-5-4-6-8-17)32-21-11-9-18(10-12-21)25(26,27)28/h4-12,19,22H,13-16H2,1-3H3/t19-,22+/m0/s1. The number of Topliss-reactive ketones (excluding diaryl/α,β-unsaturated/α-hetero) is 1. The highest BCUT2D eigenvalue weighted by Crippen LogP contribution is 2.34. The van der Waals surface area contributed by atoms with Crippen LogP contribution in [-0.4, -0.2) is 35.0 Å².